The van der Waals surface area contributed by atoms with Crippen LogP contribution in [0.3, 0.4) is 0 Å². The van der Waals surface area contributed by atoms with Crippen LogP contribution in [0.5, 0.6) is 0 Å². The van der Waals surface area contributed by atoms with Crippen LogP contribution in [0.15, 0.2) is 29.3 Å². The first kappa shape index (κ1) is 64.1. The first-order valence-corrected chi connectivity index (χ1v) is 26.7. The maximum Gasteiger partial charge on any atom is 0.251 e. The van der Waals surface area contributed by atoms with E-state index in [9.17, 15) is 43.2 Å². The molecule has 0 saturated heterocycles. The van der Waals surface area contributed by atoms with Crippen molar-refractivity contribution in [2.45, 2.75) is 169 Å². The lowest BCUT2D eigenvalue weighted by Gasteiger charge is -2.28. The quantitative estimate of drug-likeness (QED) is 0.0995. The molecule has 0 spiro atoms. The number of aliphatic imine (C=N–C) groups is 1. The van der Waals surface area contributed by atoms with Crippen molar-refractivity contribution < 1.29 is 43.2 Å². The second-order valence-electron chi connectivity index (χ2n) is 21.0. The number of unbranched alkanes of at least 4 members (excludes halogenated alkanes) is 2. The summed E-state index contributed by atoms with van der Waals surface area (Å²) in [5, 5.41) is 31.9. The van der Waals surface area contributed by atoms with E-state index in [4.69, 9.17) is 16.6 Å². The minimum Gasteiger partial charge on any atom is -0.354 e. The zero-order valence-electron chi connectivity index (χ0n) is 45.7. The molecule has 8 atom stereocenters. The summed E-state index contributed by atoms with van der Waals surface area (Å²) >= 11 is 0. The van der Waals surface area contributed by atoms with Gasteiger partial charge in [0.2, 0.25) is 29.5 Å². The van der Waals surface area contributed by atoms with Gasteiger partial charge < -0.3 is 53.0 Å². The van der Waals surface area contributed by atoms with Crippen LogP contribution in [-0.2, 0) is 44.8 Å². The smallest absolute Gasteiger partial charge is 0.251 e. The van der Waals surface area contributed by atoms with Gasteiger partial charge in [-0.2, -0.15) is 0 Å². The summed E-state index contributed by atoms with van der Waals surface area (Å²) in [6.45, 7) is 18.6. The average Bonchev–Trinajstić information content (AvgIpc) is 3.35. The Morgan fingerprint density at radius 2 is 1.26 bits per heavy atom. The monoisotopic (exact) mass is 1030 g/mol. The van der Waals surface area contributed by atoms with Gasteiger partial charge in [0.15, 0.2) is 17.3 Å². The number of nitrogens with two attached hydrogens (primary N) is 1. The number of carbonyl (C=O) groups excluding carboxylic acids is 9. The molecule has 1 aromatic rings. The molecular weight excluding hydrogens is 945 g/mol. The predicted molar refractivity (Wildman–Crippen MR) is 288 cm³/mol. The number of Topliss-reactive ketones (excluding diaryl/α,β-unsaturated/α-hetero) is 3. The SMILES string of the molecule is C=NCCCCC1CC(=O)C(C)N(C)C(=O)C[C@@H](C)Cc2cccc(c2)C(=O)NCCCCCNC(=O)[C@H](C)NC(=O)C(CC(C)C)C(=N)C(=O)C(CCCCN)NC(=O)C(C)NC(=O)[C@H](CC(C)C)C(=N)C1=O. The Morgan fingerprint density at radius 3 is 1.84 bits per heavy atom. The number of rotatable bonds is 13. The number of nitrogens with one attached hydrogen (secondary N) is 7. The molecule has 0 saturated carbocycles. The molecule has 0 aliphatic carbocycles. The molecule has 1 aromatic carbocycles. The van der Waals surface area contributed by atoms with Crippen LogP contribution in [0.1, 0.15) is 155 Å². The molecule has 2 rings (SSSR count). The maximum absolute atomic E-state index is 14.4. The molecule has 412 valence electrons. The fourth-order valence-electron chi connectivity index (χ4n) is 8.86. The summed E-state index contributed by atoms with van der Waals surface area (Å²) in [5.74, 6) is -9.20. The Morgan fingerprint density at radius 1 is 0.689 bits per heavy atom. The number of nitrogens with zero attached hydrogens (tertiary/aromatic N) is 2. The summed E-state index contributed by atoms with van der Waals surface area (Å²) in [4.78, 5) is 129. The number of ketones is 3. The van der Waals surface area contributed by atoms with Crippen LogP contribution in [-0.4, -0.2) is 133 Å². The lowest BCUT2D eigenvalue weighted by atomic mass is 9.82. The summed E-state index contributed by atoms with van der Waals surface area (Å²) in [5.41, 5.74) is 6.00. The van der Waals surface area contributed by atoms with Gasteiger partial charge in [-0.1, -0.05) is 53.2 Å². The summed E-state index contributed by atoms with van der Waals surface area (Å²) in [6, 6.07) is 2.69. The Bertz CT molecular complexity index is 2130. The number of carbonyl (C=O) groups is 9. The second-order valence-corrected chi connectivity index (χ2v) is 21.0. The molecule has 9 N–H and O–H groups in total. The zero-order valence-corrected chi connectivity index (χ0v) is 45.7. The van der Waals surface area contributed by atoms with Gasteiger partial charge >= 0.3 is 0 Å². The lowest BCUT2D eigenvalue weighted by Crippen LogP contribution is -2.55. The van der Waals surface area contributed by atoms with E-state index >= 15 is 0 Å². The van der Waals surface area contributed by atoms with E-state index in [1.807, 2.05) is 40.7 Å². The van der Waals surface area contributed by atoms with Crippen molar-refractivity contribution in [1.82, 2.24) is 31.5 Å². The Labute approximate surface area is 439 Å². The van der Waals surface area contributed by atoms with Crippen molar-refractivity contribution >= 4 is 70.9 Å². The van der Waals surface area contributed by atoms with Gasteiger partial charge in [-0.15, -0.1) is 0 Å². The highest BCUT2D eigenvalue weighted by atomic mass is 16.2. The largest absolute Gasteiger partial charge is 0.354 e. The van der Waals surface area contributed by atoms with Crippen LogP contribution in [0.2, 0.25) is 0 Å². The fourth-order valence-corrected chi connectivity index (χ4v) is 8.86. The van der Waals surface area contributed by atoms with Crippen LogP contribution < -0.4 is 32.3 Å². The molecule has 19 heteroatoms. The minimum atomic E-state index is -1.31. The summed E-state index contributed by atoms with van der Waals surface area (Å²) in [7, 11) is 1.54. The van der Waals surface area contributed by atoms with E-state index in [-0.39, 0.29) is 73.9 Å². The van der Waals surface area contributed by atoms with Crippen molar-refractivity contribution in [3.8, 4) is 0 Å². The Kier molecular flexibility index (Phi) is 28.6. The molecule has 19 nitrogen and oxygen atoms in total. The number of hydrogen-bond donors (Lipinski definition) is 8. The topological polar surface area (TPSA) is 303 Å². The first-order valence-electron chi connectivity index (χ1n) is 26.7. The van der Waals surface area contributed by atoms with Crippen molar-refractivity contribution in [1.29, 1.82) is 10.8 Å². The summed E-state index contributed by atoms with van der Waals surface area (Å²) in [6.07, 6.45) is 4.58. The molecule has 1 aliphatic heterocycles. The standard InChI is InChI=1S/C55H88N10O9/c1-33(2)27-42-47(57)49(68)40(20-13-17-24-59-9)32-45(66)38(8)65(10)46(67)30-35(5)29-39-19-18-21-41(31-39)53(72)61-26-16-11-15-25-60-51(70)36(6)62-55(74)43(28-34(3)4)48(58)50(69)44(22-12-14-23-56)64-52(71)37(7)63-54(42)73/h18-19,21,31,33-38,40,42-44,57-58H,9,11-17,20,22-30,32,56H2,1-8,10H3,(H,60,70)(H,61,72)(H,62,74)(H,63,73)(H,64,71)/t35-,36-,37?,38?,40?,42+,43?,44?/m0/s1. The highest BCUT2D eigenvalue weighted by Gasteiger charge is 2.38. The Balaban J connectivity index is 2.54. The molecule has 1 heterocycles. The Hall–Kier alpha value is -5.98. The van der Waals surface area contributed by atoms with Gasteiger partial charge in [-0.3, -0.25) is 43.2 Å². The van der Waals surface area contributed by atoms with Gasteiger partial charge in [0, 0.05) is 51.0 Å². The minimum absolute atomic E-state index is 0.0616. The molecule has 2 bridgehead atoms. The predicted octanol–water partition coefficient (Wildman–Crippen LogP) is 4.70. The van der Waals surface area contributed by atoms with Gasteiger partial charge in [0.05, 0.1) is 35.3 Å². The number of benzene rings is 1. The van der Waals surface area contributed by atoms with E-state index in [1.54, 1.807) is 25.1 Å². The van der Waals surface area contributed by atoms with Crippen LogP contribution in [0.25, 0.3) is 0 Å². The third kappa shape index (κ3) is 21.9. The van der Waals surface area contributed by atoms with Crippen LogP contribution in [0, 0.1) is 46.3 Å². The van der Waals surface area contributed by atoms with Crippen LogP contribution in [0.4, 0.5) is 0 Å². The highest BCUT2D eigenvalue weighted by molar-refractivity contribution is 6.45. The first-order chi connectivity index (χ1) is 34.9. The highest BCUT2D eigenvalue weighted by Crippen LogP contribution is 2.24. The van der Waals surface area contributed by atoms with E-state index in [1.165, 1.54) is 25.8 Å². The molecule has 0 fully saturated rings. The van der Waals surface area contributed by atoms with E-state index < -0.39 is 88.5 Å². The number of likely N-dealkylation sites (N-methyl/N-ethyl adjacent to an activating group) is 1. The maximum atomic E-state index is 14.4. The van der Waals surface area contributed by atoms with Crippen molar-refractivity contribution in [3.05, 3.63) is 35.4 Å². The van der Waals surface area contributed by atoms with Crippen molar-refractivity contribution in [3.63, 3.8) is 0 Å². The van der Waals surface area contributed by atoms with E-state index in [0.717, 1.165) is 5.56 Å². The van der Waals surface area contributed by atoms with Gasteiger partial charge in [0.25, 0.3) is 5.91 Å². The third-order valence-corrected chi connectivity index (χ3v) is 13.5. The number of hydrogen-bond acceptors (Lipinski definition) is 13. The number of fused-ring (bicyclic) bond motifs is 2. The lowest BCUT2D eigenvalue weighted by molar-refractivity contribution is -0.139. The molecule has 5 unspecified atom stereocenters. The second kappa shape index (κ2) is 33.0. The average molecular weight is 1030 g/mol. The molecule has 0 aromatic heterocycles. The summed E-state index contributed by atoms with van der Waals surface area (Å²) < 4.78 is 0. The molecule has 6 amide bonds. The van der Waals surface area contributed by atoms with Gasteiger partial charge in [0.1, 0.15) is 12.1 Å². The van der Waals surface area contributed by atoms with Gasteiger partial charge in [-0.25, -0.2) is 0 Å². The molecule has 74 heavy (non-hydrogen) atoms. The van der Waals surface area contributed by atoms with Crippen molar-refractivity contribution in [2.75, 3.05) is 33.2 Å². The molecule has 0 radical (unpaired) electrons. The normalized spacial score (nSPS) is 25.3. The zero-order chi connectivity index (χ0) is 55.7. The molecule has 1 aliphatic rings. The molecular formula is C55H88N10O9. The van der Waals surface area contributed by atoms with Crippen LogP contribution >= 0.6 is 0 Å². The van der Waals surface area contributed by atoms with E-state index in [2.05, 4.69) is 38.3 Å². The fraction of sp³-hybridized carbons (Fsp3) is 0.673. The van der Waals surface area contributed by atoms with Crippen molar-refractivity contribution in [2.24, 2.45) is 46.2 Å². The van der Waals surface area contributed by atoms with Gasteiger partial charge in [-0.05, 0) is 140 Å². The third-order valence-electron chi connectivity index (χ3n) is 13.5. The number of amides is 6. The van der Waals surface area contributed by atoms with E-state index in [0.29, 0.717) is 83.1 Å².